The summed E-state index contributed by atoms with van der Waals surface area (Å²) in [6.07, 6.45) is -0.986. The number of hydrogen-bond donors (Lipinski definition) is 2. The van der Waals surface area contributed by atoms with Crippen LogP contribution in [-0.4, -0.2) is 37.0 Å². The summed E-state index contributed by atoms with van der Waals surface area (Å²) in [5.74, 6) is -0.916. The highest BCUT2D eigenvalue weighted by atomic mass is 16.5. The predicted octanol–water partition coefficient (Wildman–Crippen LogP) is 2.39. The standard InChI is InChI=1S/C20H22N2O5/c1-3-26-17-11-9-15(10-12-17)20(25)21-13-18(23)27-14(2)19(24)22-16-7-5-4-6-8-16/h4-12,14H,3,13H2,1-2H3,(H,21,25)(H,22,24)/t14-/m1/s1. The van der Waals surface area contributed by atoms with Crippen LogP contribution in [0.3, 0.4) is 0 Å². The minimum atomic E-state index is -0.986. The van der Waals surface area contributed by atoms with Crippen LogP contribution < -0.4 is 15.4 Å². The van der Waals surface area contributed by atoms with E-state index in [2.05, 4.69) is 10.6 Å². The Morgan fingerprint density at radius 3 is 2.30 bits per heavy atom. The number of nitrogens with one attached hydrogen (secondary N) is 2. The summed E-state index contributed by atoms with van der Waals surface area (Å²) in [4.78, 5) is 35.9. The van der Waals surface area contributed by atoms with Gasteiger partial charge in [-0.05, 0) is 50.2 Å². The first-order valence-electron chi connectivity index (χ1n) is 8.56. The highest BCUT2D eigenvalue weighted by molar-refractivity contribution is 5.97. The number of carbonyl (C=O) groups excluding carboxylic acids is 3. The fourth-order valence-corrected chi connectivity index (χ4v) is 2.18. The number of ether oxygens (including phenoxy) is 2. The quantitative estimate of drug-likeness (QED) is 0.696. The maximum absolute atomic E-state index is 12.0. The van der Waals surface area contributed by atoms with E-state index in [1.54, 1.807) is 48.5 Å². The second-order valence-electron chi connectivity index (χ2n) is 5.63. The number of amides is 2. The maximum atomic E-state index is 12.0. The molecule has 0 bridgehead atoms. The molecule has 7 heteroatoms. The van der Waals surface area contributed by atoms with Crippen LogP contribution >= 0.6 is 0 Å². The first-order chi connectivity index (χ1) is 13.0. The zero-order valence-corrected chi connectivity index (χ0v) is 15.2. The van der Waals surface area contributed by atoms with Gasteiger partial charge in [-0.25, -0.2) is 0 Å². The maximum Gasteiger partial charge on any atom is 0.326 e. The first-order valence-corrected chi connectivity index (χ1v) is 8.56. The number of para-hydroxylation sites is 1. The van der Waals surface area contributed by atoms with Gasteiger partial charge in [0.1, 0.15) is 12.3 Å². The Labute approximate surface area is 157 Å². The molecule has 0 unspecified atom stereocenters. The Hall–Kier alpha value is -3.35. The summed E-state index contributed by atoms with van der Waals surface area (Å²) in [5, 5.41) is 5.10. The molecule has 2 aromatic carbocycles. The van der Waals surface area contributed by atoms with Crippen molar-refractivity contribution in [2.24, 2.45) is 0 Å². The number of esters is 1. The molecular weight excluding hydrogens is 348 g/mol. The molecule has 2 N–H and O–H groups in total. The molecule has 0 spiro atoms. The Kier molecular flexibility index (Phi) is 7.37. The van der Waals surface area contributed by atoms with E-state index in [9.17, 15) is 14.4 Å². The van der Waals surface area contributed by atoms with Gasteiger partial charge in [0.15, 0.2) is 6.10 Å². The second-order valence-corrected chi connectivity index (χ2v) is 5.63. The molecule has 0 fully saturated rings. The van der Waals surface area contributed by atoms with Gasteiger partial charge in [-0.1, -0.05) is 18.2 Å². The van der Waals surface area contributed by atoms with Crippen molar-refractivity contribution in [3.8, 4) is 5.75 Å². The van der Waals surface area contributed by atoms with E-state index in [1.807, 2.05) is 13.0 Å². The van der Waals surface area contributed by atoms with Gasteiger partial charge < -0.3 is 20.1 Å². The minimum Gasteiger partial charge on any atom is -0.494 e. The molecule has 2 amide bonds. The minimum absolute atomic E-state index is 0.338. The third-order valence-electron chi connectivity index (χ3n) is 3.54. The van der Waals surface area contributed by atoms with Crippen LogP contribution in [0.4, 0.5) is 5.69 Å². The van der Waals surface area contributed by atoms with E-state index >= 15 is 0 Å². The van der Waals surface area contributed by atoms with Crippen LogP contribution in [0, 0.1) is 0 Å². The van der Waals surface area contributed by atoms with Gasteiger partial charge in [-0.2, -0.15) is 0 Å². The van der Waals surface area contributed by atoms with E-state index in [1.165, 1.54) is 6.92 Å². The highest BCUT2D eigenvalue weighted by Gasteiger charge is 2.18. The van der Waals surface area contributed by atoms with Gasteiger partial charge >= 0.3 is 5.97 Å². The summed E-state index contributed by atoms with van der Waals surface area (Å²) in [7, 11) is 0. The average Bonchev–Trinajstić information content (AvgIpc) is 2.67. The third-order valence-corrected chi connectivity index (χ3v) is 3.54. The van der Waals surface area contributed by atoms with Gasteiger partial charge in [0.25, 0.3) is 11.8 Å². The fourth-order valence-electron chi connectivity index (χ4n) is 2.18. The lowest BCUT2D eigenvalue weighted by Gasteiger charge is -2.14. The number of carbonyl (C=O) groups is 3. The molecule has 0 aliphatic rings. The summed E-state index contributed by atoms with van der Waals surface area (Å²) >= 11 is 0. The Bertz CT molecular complexity index is 775. The highest BCUT2D eigenvalue weighted by Crippen LogP contribution is 2.12. The molecule has 0 saturated carbocycles. The molecular formula is C20H22N2O5. The normalized spacial score (nSPS) is 11.2. The Morgan fingerprint density at radius 1 is 1.00 bits per heavy atom. The van der Waals surface area contributed by atoms with Crippen LogP contribution in [0.15, 0.2) is 54.6 Å². The SMILES string of the molecule is CCOc1ccc(C(=O)NCC(=O)O[C@H](C)C(=O)Nc2ccccc2)cc1. The van der Waals surface area contributed by atoms with Gasteiger partial charge in [-0.15, -0.1) is 0 Å². The van der Waals surface area contributed by atoms with Crippen molar-refractivity contribution in [1.29, 1.82) is 0 Å². The summed E-state index contributed by atoms with van der Waals surface area (Å²) in [5.41, 5.74) is 0.996. The summed E-state index contributed by atoms with van der Waals surface area (Å²) < 4.78 is 10.3. The molecule has 0 aliphatic heterocycles. The first kappa shape index (κ1) is 20.0. The van der Waals surface area contributed by atoms with Crippen LogP contribution in [0.25, 0.3) is 0 Å². The summed E-state index contributed by atoms with van der Waals surface area (Å²) in [6.45, 7) is 3.53. The molecule has 142 valence electrons. The largest absolute Gasteiger partial charge is 0.494 e. The van der Waals surface area contributed by atoms with Crippen molar-refractivity contribution < 1.29 is 23.9 Å². The van der Waals surface area contributed by atoms with E-state index < -0.39 is 23.9 Å². The molecule has 0 heterocycles. The van der Waals surface area contributed by atoms with Gasteiger partial charge in [-0.3, -0.25) is 14.4 Å². The van der Waals surface area contributed by atoms with Crippen LogP contribution in [0.1, 0.15) is 24.2 Å². The monoisotopic (exact) mass is 370 g/mol. The van der Waals surface area contributed by atoms with Crippen molar-refractivity contribution in [2.75, 3.05) is 18.5 Å². The molecule has 2 rings (SSSR count). The van der Waals surface area contributed by atoms with Crippen molar-refractivity contribution in [1.82, 2.24) is 5.32 Å². The van der Waals surface area contributed by atoms with Crippen LogP contribution in [0.5, 0.6) is 5.75 Å². The fraction of sp³-hybridized carbons (Fsp3) is 0.250. The van der Waals surface area contributed by atoms with E-state index in [0.29, 0.717) is 23.6 Å². The number of anilines is 1. The molecule has 0 saturated heterocycles. The van der Waals surface area contributed by atoms with Gasteiger partial charge in [0, 0.05) is 11.3 Å². The lowest BCUT2D eigenvalue weighted by molar-refractivity contribution is -0.152. The van der Waals surface area contributed by atoms with Crippen molar-refractivity contribution in [3.63, 3.8) is 0 Å². The third kappa shape index (κ3) is 6.47. The smallest absolute Gasteiger partial charge is 0.326 e. The molecule has 2 aromatic rings. The average molecular weight is 370 g/mol. The summed E-state index contributed by atoms with van der Waals surface area (Å²) in [6, 6.07) is 15.4. The van der Waals surface area contributed by atoms with Crippen molar-refractivity contribution in [2.45, 2.75) is 20.0 Å². The predicted molar refractivity (Wildman–Crippen MR) is 101 cm³/mol. The van der Waals surface area contributed by atoms with Gasteiger partial charge in [0.2, 0.25) is 0 Å². The van der Waals surface area contributed by atoms with E-state index in [-0.39, 0.29) is 6.54 Å². The van der Waals surface area contributed by atoms with E-state index in [0.717, 1.165) is 0 Å². The van der Waals surface area contributed by atoms with Crippen LogP contribution in [0.2, 0.25) is 0 Å². The number of benzene rings is 2. The Balaban J connectivity index is 1.77. The number of hydrogen-bond acceptors (Lipinski definition) is 5. The van der Waals surface area contributed by atoms with Crippen molar-refractivity contribution >= 4 is 23.5 Å². The van der Waals surface area contributed by atoms with Gasteiger partial charge in [0.05, 0.1) is 6.61 Å². The molecule has 7 nitrogen and oxygen atoms in total. The molecule has 27 heavy (non-hydrogen) atoms. The van der Waals surface area contributed by atoms with Crippen LogP contribution in [-0.2, 0) is 14.3 Å². The molecule has 0 aliphatic carbocycles. The molecule has 1 atom stereocenters. The molecule has 0 aromatic heterocycles. The lowest BCUT2D eigenvalue weighted by atomic mass is 10.2. The Morgan fingerprint density at radius 2 is 1.67 bits per heavy atom. The molecule has 0 radical (unpaired) electrons. The lowest BCUT2D eigenvalue weighted by Crippen LogP contribution is -2.35. The second kappa shape index (κ2) is 9.96. The van der Waals surface area contributed by atoms with Crippen molar-refractivity contribution in [3.05, 3.63) is 60.2 Å². The zero-order chi connectivity index (χ0) is 19.6. The number of rotatable bonds is 8. The topological polar surface area (TPSA) is 93.7 Å². The zero-order valence-electron chi connectivity index (χ0n) is 15.2. The van der Waals surface area contributed by atoms with E-state index in [4.69, 9.17) is 9.47 Å².